The highest BCUT2D eigenvalue weighted by atomic mass is 35.5. The van der Waals surface area contributed by atoms with E-state index in [9.17, 15) is 4.79 Å². The van der Waals surface area contributed by atoms with Crippen molar-refractivity contribution in [3.63, 3.8) is 0 Å². The normalized spacial score (nSPS) is 16.7. The molecule has 2 nitrogen and oxygen atoms in total. The van der Waals surface area contributed by atoms with Gasteiger partial charge in [0.05, 0.1) is 21.8 Å². The van der Waals surface area contributed by atoms with Gasteiger partial charge in [0.15, 0.2) is 0 Å². The van der Waals surface area contributed by atoms with Crippen LogP contribution in [0.2, 0.25) is 10.0 Å². The molecule has 0 spiro atoms. The Labute approximate surface area is 150 Å². The highest BCUT2D eigenvalue weighted by molar-refractivity contribution is 8.00. The number of amides is 1. The fraction of sp³-hybridized carbons (Fsp3) is 0.278. The summed E-state index contributed by atoms with van der Waals surface area (Å²) in [6.45, 7) is 0. The zero-order chi connectivity index (χ0) is 16.2. The van der Waals surface area contributed by atoms with E-state index in [1.165, 1.54) is 22.9 Å². The van der Waals surface area contributed by atoms with Gasteiger partial charge in [-0.15, -0.1) is 11.8 Å². The van der Waals surface area contributed by atoms with Crippen LogP contribution in [0.3, 0.4) is 0 Å². The third kappa shape index (κ3) is 4.03. The Morgan fingerprint density at radius 1 is 1.13 bits per heavy atom. The molecule has 0 fully saturated rings. The molecule has 2 aromatic rings. The molecule has 0 saturated carbocycles. The van der Waals surface area contributed by atoms with Crippen LogP contribution in [-0.4, -0.2) is 11.7 Å². The third-order valence-corrected chi connectivity index (χ3v) is 5.96. The predicted octanol–water partition coefficient (Wildman–Crippen LogP) is 5.28. The average molecular weight is 366 g/mol. The fourth-order valence-electron chi connectivity index (χ4n) is 2.90. The molecule has 1 N–H and O–H groups in total. The summed E-state index contributed by atoms with van der Waals surface area (Å²) in [6.07, 6.45) is 3.18. The summed E-state index contributed by atoms with van der Waals surface area (Å²) >= 11 is 13.6. The SMILES string of the molecule is O=C(CSc1c(Cl)cccc1Cl)N[C@H]1CCCc2ccccc21. The second-order valence-corrected chi connectivity index (χ2v) is 7.35. The van der Waals surface area contributed by atoms with E-state index in [0.29, 0.717) is 15.8 Å². The zero-order valence-corrected chi connectivity index (χ0v) is 14.8. The van der Waals surface area contributed by atoms with Crippen LogP contribution in [0, 0.1) is 0 Å². The summed E-state index contributed by atoms with van der Waals surface area (Å²) in [7, 11) is 0. The smallest absolute Gasteiger partial charge is 0.230 e. The van der Waals surface area contributed by atoms with E-state index in [-0.39, 0.29) is 11.9 Å². The number of carbonyl (C=O) groups is 1. The molecule has 23 heavy (non-hydrogen) atoms. The van der Waals surface area contributed by atoms with Crippen LogP contribution in [0.5, 0.6) is 0 Å². The second kappa shape index (κ2) is 7.61. The minimum atomic E-state index is 0.00712. The quantitative estimate of drug-likeness (QED) is 0.746. The third-order valence-electron chi connectivity index (χ3n) is 3.97. The minimum Gasteiger partial charge on any atom is -0.349 e. The number of fused-ring (bicyclic) bond motifs is 1. The van der Waals surface area contributed by atoms with Gasteiger partial charge >= 0.3 is 0 Å². The molecule has 0 radical (unpaired) electrons. The molecule has 5 heteroatoms. The van der Waals surface area contributed by atoms with E-state index in [4.69, 9.17) is 23.2 Å². The van der Waals surface area contributed by atoms with Crippen molar-refractivity contribution in [2.45, 2.75) is 30.2 Å². The highest BCUT2D eigenvalue weighted by Crippen LogP contribution is 2.34. The van der Waals surface area contributed by atoms with Crippen molar-refractivity contribution in [1.82, 2.24) is 5.32 Å². The molecule has 0 unspecified atom stereocenters. The van der Waals surface area contributed by atoms with Crippen molar-refractivity contribution in [2.75, 3.05) is 5.75 Å². The van der Waals surface area contributed by atoms with Crippen LogP contribution in [0.25, 0.3) is 0 Å². The molecule has 1 aliphatic carbocycles. The number of hydrogen-bond donors (Lipinski definition) is 1. The summed E-state index contributed by atoms with van der Waals surface area (Å²) in [5, 5.41) is 4.30. The fourth-order valence-corrected chi connectivity index (χ4v) is 4.39. The Balaban J connectivity index is 1.63. The lowest BCUT2D eigenvalue weighted by Gasteiger charge is -2.26. The number of thioether (sulfide) groups is 1. The van der Waals surface area contributed by atoms with E-state index in [1.807, 2.05) is 6.07 Å². The number of aryl methyl sites for hydroxylation is 1. The molecule has 3 rings (SSSR count). The van der Waals surface area contributed by atoms with Crippen molar-refractivity contribution in [1.29, 1.82) is 0 Å². The maximum Gasteiger partial charge on any atom is 0.230 e. The number of rotatable bonds is 4. The van der Waals surface area contributed by atoms with Crippen molar-refractivity contribution in [3.8, 4) is 0 Å². The largest absolute Gasteiger partial charge is 0.349 e. The summed E-state index contributed by atoms with van der Waals surface area (Å²) in [5.41, 5.74) is 2.58. The number of nitrogens with one attached hydrogen (secondary N) is 1. The number of halogens is 2. The Morgan fingerprint density at radius 3 is 2.65 bits per heavy atom. The van der Waals surface area contributed by atoms with Gasteiger partial charge in [-0.1, -0.05) is 53.5 Å². The molecule has 1 amide bonds. The van der Waals surface area contributed by atoms with Gasteiger partial charge in [0.2, 0.25) is 5.91 Å². The Morgan fingerprint density at radius 2 is 1.87 bits per heavy atom. The van der Waals surface area contributed by atoms with Gasteiger partial charge in [0.25, 0.3) is 0 Å². The van der Waals surface area contributed by atoms with Crippen LogP contribution in [0.15, 0.2) is 47.4 Å². The van der Waals surface area contributed by atoms with Crippen molar-refractivity contribution in [2.24, 2.45) is 0 Å². The van der Waals surface area contributed by atoms with Crippen molar-refractivity contribution < 1.29 is 4.79 Å². The number of benzene rings is 2. The van der Waals surface area contributed by atoms with Gasteiger partial charge in [-0.2, -0.15) is 0 Å². The van der Waals surface area contributed by atoms with Gasteiger partial charge in [0, 0.05) is 4.90 Å². The van der Waals surface area contributed by atoms with Gasteiger partial charge < -0.3 is 5.32 Å². The Hall–Kier alpha value is -1.16. The van der Waals surface area contributed by atoms with E-state index in [2.05, 4.69) is 23.5 Å². The van der Waals surface area contributed by atoms with Gasteiger partial charge in [0.1, 0.15) is 0 Å². The molecule has 0 bridgehead atoms. The first-order chi connectivity index (χ1) is 11.1. The molecule has 1 aliphatic rings. The molecule has 0 heterocycles. The molecule has 120 valence electrons. The standard InChI is InChI=1S/C18H17Cl2NOS/c19-14-8-4-9-15(20)18(14)23-11-17(22)21-16-10-3-6-12-5-1-2-7-13(12)16/h1-2,4-5,7-9,16H,3,6,10-11H2,(H,21,22)/t16-/m0/s1. The Bertz CT molecular complexity index is 700. The lowest BCUT2D eigenvalue weighted by Crippen LogP contribution is -2.32. The van der Waals surface area contributed by atoms with Crippen LogP contribution >= 0.6 is 35.0 Å². The maximum atomic E-state index is 12.3. The molecular weight excluding hydrogens is 349 g/mol. The highest BCUT2D eigenvalue weighted by Gasteiger charge is 2.21. The first kappa shape index (κ1) is 16.7. The Kier molecular flexibility index (Phi) is 5.52. The zero-order valence-electron chi connectivity index (χ0n) is 12.5. The lowest BCUT2D eigenvalue weighted by molar-refractivity contribution is -0.119. The monoisotopic (exact) mass is 365 g/mol. The molecule has 2 aromatic carbocycles. The second-order valence-electron chi connectivity index (χ2n) is 5.55. The lowest BCUT2D eigenvalue weighted by atomic mass is 9.88. The maximum absolute atomic E-state index is 12.3. The first-order valence-corrected chi connectivity index (χ1v) is 9.33. The molecule has 0 aliphatic heterocycles. The predicted molar refractivity (Wildman–Crippen MR) is 97.4 cm³/mol. The van der Waals surface area contributed by atoms with Crippen LogP contribution in [0.4, 0.5) is 0 Å². The number of hydrogen-bond acceptors (Lipinski definition) is 2. The van der Waals surface area contributed by atoms with Crippen LogP contribution < -0.4 is 5.32 Å². The summed E-state index contributed by atoms with van der Waals surface area (Å²) in [6, 6.07) is 13.8. The first-order valence-electron chi connectivity index (χ1n) is 7.59. The van der Waals surface area contributed by atoms with Gasteiger partial charge in [-0.25, -0.2) is 0 Å². The van der Waals surface area contributed by atoms with Gasteiger partial charge in [-0.3, -0.25) is 4.79 Å². The minimum absolute atomic E-state index is 0.00712. The summed E-state index contributed by atoms with van der Waals surface area (Å²) in [4.78, 5) is 13.1. The van der Waals surface area contributed by atoms with Crippen LogP contribution in [0.1, 0.15) is 30.0 Å². The average Bonchev–Trinajstić information content (AvgIpc) is 2.55. The molecule has 1 atom stereocenters. The number of carbonyl (C=O) groups excluding carboxylic acids is 1. The molecule has 0 saturated heterocycles. The van der Waals surface area contributed by atoms with Crippen LogP contribution in [-0.2, 0) is 11.2 Å². The van der Waals surface area contributed by atoms with E-state index < -0.39 is 0 Å². The topological polar surface area (TPSA) is 29.1 Å². The molecule has 0 aromatic heterocycles. The molecular formula is C18H17Cl2NOS. The van der Waals surface area contributed by atoms with Crippen molar-refractivity contribution >= 4 is 40.9 Å². The van der Waals surface area contributed by atoms with E-state index in [1.54, 1.807) is 18.2 Å². The summed E-state index contributed by atoms with van der Waals surface area (Å²) < 4.78 is 0. The van der Waals surface area contributed by atoms with E-state index >= 15 is 0 Å². The van der Waals surface area contributed by atoms with Gasteiger partial charge in [-0.05, 0) is 42.5 Å². The summed E-state index contributed by atoms with van der Waals surface area (Å²) in [5.74, 6) is 0.315. The van der Waals surface area contributed by atoms with E-state index in [0.717, 1.165) is 24.2 Å². The van der Waals surface area contributed by atoms with Crippen molar-refractivity contribution in [3.05, 3.63) is 63.6 Å².